The number of carboxylic acid groups (broad SMARTS) is 1. The zero-order valence-electron chi connectivity index (χ0n) is 9.57. The van der Waals surface area contributed by atoms with E-state index in [9.17, 15) is 14.7 Å². The van der Waals surface area contributed by atoms with Crippen LogP contribution < -0.4 is 5.32 Å². The van der Waals surface area contributed by atoms with Gasteiger partial charge in [-0.25, -0.2) is 4.79 Å². The molecule has 1 aromatic carbocycles. The summed E-state index contributed by atoms with van der Waals surface area (Å²) in [6.07, 6.45) is -1.38. The Kier molecular flexibility index (Phi) is 2.63. The van der Waals surface area contributed by atoms with Crippen LogP contribution in [0.1, 0.15) is 28.4 Å². The van der Waals surface area contributed by atoms with Crippen LogP contribution in [-0.4, -0.2) is 22.1 Å². The van der Waals surface area contributed by atoms with Gasteiger partial charge in [-0.2, -0.15) is 0 Å². The molecular formula is C12H13NO4. The van der Waals surface area contributed by atoms with Crippen LogP contribution in [0.15, 0.2) is 6.07 Å². The van der Waals surface area contributed by atoms with Crippen LogP contribution in [0.2, 0.25) is 0 Å². The van der Waals surface area contributed by atoms with Gasteiger partial charge in [-0.05, 0) is 30.5 Å². The minimum atomic E-state index is -1.61. The van der Waals surface area contributed by atoms with Crippen molar-refractivity contribution in [3.8, 4) is 0 Å². The lowest BCUT2D eigenvalue weighted by Crippen LogP contribution is -2.15. The predicted molar refractivity (Wildman–Crippen MR) is 60.8 cm³/mol. The molecule has 0 radical (unpaired) electrons. The fourth-order valence-electron chi connectivity index (χ4n) is 2.12. The summed E-state index contributed by atoms with van der Waals surface area (Å²) in [5.41, 5.74) is 3.05. The molecule has 5 heteroatoms. The molecule has 0 bridgehead atoms. The van der Waals surface area contributed by atoms with Crippen molar-refractivity contribution in [2.24, 2.45) is 0 Å². The Balaban J connectivity index is 2.65. The lowest BCUT2D eigenvalue weighted by Gasteiger charge is -2.16. The van der Waals surface area contributed by atoms with Crippen LogP contribution in [0, 0.1) is 13.8 Å². The minimum absolute atomic E-state index is 0.177. The highest BCUT2D eigenvalue weighted by Gasteiger charge is 2.29. The largest absolute Gasteiger partial charge is 0.479 e. The number of carbonyl (C=O) groups excluding carboxylic acids is 1. The Bertz CT molecular complexity index is 522. The lowest BCUT2D eigenvalue weighted by atomic mass is 9.94. The molecule has 1 aliphatic heterocycles. The molecule has 90 valence electrons. The number of rotatable bonds is 2. The van der Waals surface area contributed by atoms with E-state index in [1.54, 1.807) is 6.92 Å². The van der Waals surface area contributed by atoms with Crippen LogP contribution in [0.5, 0.6) is 0 Å². The number of carbonyl (C=O) groups is 2. The molecule has 5 nitrogen and oxygen atoms in total. The molecule has 0 aliphatic carbocycles. The molecule has 2 rings (SSSR count). The summed E-state index contributed by atoms with van der Waals surface area (Å²) < 4.78 is 0. The summed E-state index contributed by atoms with van der Waals surface area (Å²) in [7, 11) is 0. The number of carboxylic acids is 1. The summed E-state index contributed by atoms with van der Waals surface area (Å²) in [5.74, 6) is -1.49. The van der Waals surface area contributed by atoms with Gasteiger partial charge in [0.15, 0.2) is 6.10 Å². The van der Waals surface area contributed by atoms with Gasteiger partial charge in [-0.3, -0.25) is 4.79 Å². The molecule has 0 saturated heterocycles. The van der Waals surface area contributed by atoms with E-state index >= 15 is 0 Å². The molecule has 17 heavy (non-hydrogen) atoms. The Labute approximate surface area is 98.1 Å². The number of aliphatic carboxylic acids is 1. The topological polar surface area (TPSA) is 86.6 Å². The summed E-state index contributed by atoms with van der Waals surface area (Å²) in [6.45, 7) is 3.57. The first kappa shape index (κ1) is 11.6. The molecule has 0 saturated carbocycles. The van der Waals surface area contributed by atoms with Crippen molar-refractivity contribution in [3.05, 3.63) is 28.3 Å². The van der Waals surface area contributed by atoms with Crippen LogP contribution >= 0.6 is 0 Å². The Morgan fingerprint density at radius 3 is 2.71 bits per heavy atom. The lowest BCUT2D eigenvalue weighted by molar-refractivity contribution is -0.147. The molecule has 1 amide bonds. The van der Waals surface area contributed by atoms with Gasteiger partial charge in [0.1, 0.15) is 0 Å². The zero-order chi connectivity index (χ0) is 12.7. The van der Waals surface area contributed by atoms with Crippen LogP contribution in [0.3, 0.4) is 0 Å². The fraction of sp³-hybridized carbons (Fsp3) is 0.333. The van der Waals surface area contributed by atoms with Crippen molar-refractivity contribution in [2.75, 3.05) is 5.32 Å². The summed E-state index contributed by atoms with van der Waals surface area (Å²) >= 11 is 0. The third kappa shape index (κ3) is 1.78. The third-order valence-electron chi connectivity index (χ3n) is 3.10. The van der Waals surface area contributed by atoms with Crippen molar-refractivity contribution in [2.45, 2.75) is 26.4 Å². The number of amides is 1. The molecule has 1 aliphatic rings. The average molecular weight is 235 g/mol. The van der Waals surface area contributed by atoms with E-state index in [-0.39, 0.29) is 12.3 Å². The van der Waals surface area contributed by atoms with Gasteiger partial charge < -0.3 is 15.5 Å². The van der Waals surface area contributed by atoms with Crippen LogP contribution in [0.25, 0.3) is 0 Å². The van der Waals surface area contributed by atoms with Crippen molar-refractivity contribution < 1.29 is 19.8 Å². The van der Waals surface area contributed by atoms with Gasteiger partial charge in [-0.1, -0.05) is 6.07 Å². The standard InChI is InChI=1S/C12H13NO4/c1-5-3-7-4-8(14)13-10(7)9(6(5)2)11(15)12(16)17/h3,11,15H,4H2,1-2H3,(H,13,14)(H,16,17). The quantitative estimate of drug-likeness (QED) is 0.711. The zero-order valence-corrected chi connectivity index (χ0v) is 9.57. The number of anilines is 1. The first-order valence-electron chi connectivity index (χ1n) is 5.25. The maximum Gasteiger partial charge on any atom is 0.337 e. The molecule has 0 aromatic heterocycles. The normalized spacial score (nSPS) is 15.4. The summed E-state index contributed by atoms with van der Waals surface area (Å²) in [6, 6.07) is 1.85. The molecule has 1 heterocycles. The first-order chi connectivity index (χ1) is 7.91. The highest BCUT2D eigenvalue weighted by Crippen LogP contribution is 2.35. The predicted octanol–water partition coefficient (Wildman–Crippen LogP) is 0.916. The van der Waals surface area contributed by atoms with E-state index in [0.29, 0.717) is 16.8 Å². The van der Waals surface area contributed by atoms with E-state index in [1.165, 1.54) is 0 Å². The van der Waals surface area contributed by atoms with Gasteiger partial charge >= 0.3 is 5.97 Å². The van der Waals surface area contributed by atoms with Crippen molar-refractivity contribution >= 4 is 17.6 Å². The molecule has 3 N–H and O–H groups in total. The van der Waals surface area contributed by atoms with E-state index in [4.69, 9.17) is 5.11 Å². The molecule has 1 atom stereocenters. The average Bonchev–Trinajstić information content (AvgIpc) is 2.59. The monoisotopic (exact) mass is 235 g/mol. The molecule has 1 unspecified atom stereocenters. The second-order valence-electron chi connectivity index (χ2n) is 4.23. The second-order valence-corrected chi connectivity index (χ2v) is 4.23. The SMILES string of the molecule is Cc1cc2c(c(C(O)C(=O)O)c1C)NC(=O)C2. The maximum absolute atomic E-state index is 11.3. The molecule has 0 spiro atoms. The van der Waals surface area contributed by atoms with Gasteiger partial charge in [0.2, 0.25) is 5.91 Å². The number of aryl methyl sites for hydroxylation is 1. The number of aliphatic hydroxyl groups excluding tert-OH is 1. The Morgan fingerprint density at radius 2 is 2.12 bits per heavy atom. The van der Waals surface area contributed by atoms with E-state index < -0.39 is 12.1 Å². The van der Waals surface area contributed by atoms with Crippen molar-refractivity contribution in [1.29, 1.82) is 0 Å². The Hall–Kier alpha value is -1.88. The van der Waals surface area contributed by atoms with Crippen molar-refractivity contribution in [3.63, 3.8) is 0 Å². The van der Waals surface area contributed by atoms with E-state index in [0.717, 1.165) is 11.1 Å². The van der Waals surface area contributed by atoms with Crippen LogP contribution in [-0.2, 0) is 16.0 Å². The number of benzene rings is 1. The highest BCUT2D eigenvalue weighted by molar-refractivity contribution is 6.01. The molecule has 0 fully saturated rings. The van der Waals surface area contributed by atoms with Gasteiger partial charge in [-0.15, -0.1) is 0 Å². The second kappa shape index (κ2) is 3.85. The Morgan fingerprint density at radius 1 is 1.47 bits per heavy atom. The maximum atomic E-state index is 11.3. The molecular weight excluding hydrogens is 222 g/mol. The number of hydrogen-bond acceptors (Lipinski definition) is 3. The van der Waals surface area contributed by atoms with Crippen molar-refractivity contribution in [1.82, 2.24) is 0 Å². The first-order valence-corrected chi connectivity index (χ1v) is 5.25. The number of nitrogens with one attached hydrogen (secondary N) is 1. The van der Waals surface area contributed by atoms with E-state index in [1.807, 2.05) is 13.0 Å². The number of hydrogen-bond donors (Lipinski definition) is 3. The van der Waals surface area contributed by atoms with Gasteiger partial charge in [0, 0.05) is 5.56 Å². The van der Waals surface area contributed by atoms with Gasteiger partial charge in [0.05, 0.1) is 12.1 Å². The van der Waals surface area contributed by atoms with E-state index in [2.05, 4.69) is 5.32 Å². The third-order valence-corrected chi connectivity index (χ3v) is 3.10. The smallest absolute Gasteiger partial charge is 0.337 e. The molecule has 1 aromatic rings. The fourth-order valence-corrected chi connectivity index (χ4v) is 2.12. The number of fused-ring (bicyclic) bond motifs is 1. The highest BCUT2D eigenvalue weighted by atomic mass is 16.4. The summed E-state index contributed by atoms with van der Waals surface area (Å²) in [5, 5.41) is 21.2. The summed E-state index contributed by atoms with van der Waals surface area (Å²) in [4.78, 5) is 22.2. The minimum Gasteiger partial charge on any atom is -0.479 e. The number of aliphatic hydroxyl groups is 1. The van der Waals surface area contributed by atoms with Crippen LogP contribution in [0.4, 0.5) is 5.69 Å². The van der Waals surface area contributed by atoms with Gasteiger partial charge in [0.25, 0.3) is 0 Å².